The number of hydrogen-bond acceptors (Lipinski definition) is 2. The Morgan fingerprint density at radius 1 is 1.33 bits per heavy atom. The van der Waals surface area contributed by atoms with Crippen molar-refractivity contribution in [3.05, 3.63) is 36.2 Å². The molecule has 3 rings (SSSR count). The standard InChI is InChI=1S/C15H18FNO/c1-18-13-4-5-14(16)15(8-13)17-9-12-7-10-2-3-11(12)6-10/h2-5,8,10-12,17H,6-7,9H2,1H3. The summed E-state index contributed by atoms with van der Waals surface area (Å²) >= 11 is 0. The summed E-state index contributed by atoms with van der Waals surface area (Å²) in [5.74, 6) is 2.57. The van der Waals surface area contributed by atoms with Crippen molar-refractivity contribution < 1.29 is 9.13 Å². The molecular weight excluding hydrogens is 229 g/mol. The van der Waals surface area contributed by atoms with E-state index in [1.807, 2.05) is 0 Å². The van der Waals surface area contributed by atoms with Crippen molar-refractivity contribution in [2.24, 2.45) is 17.8 Å². The van der Waals surface area contributed by atoms with Crippen LogP contribution < -0.4 is 10.1 Å². The molecule has 0 aliphatic heterocycles. The van der Waals surface area contributed by atoms with Crippen LogP contribution in [0.1, 0.15) is 12.8 Å². The average molecular weight is 247 g/mol. The number of hydrogen-bond donors (Lipinski definition) is 1. The van der Waals surface area contributed by atoms with E-state index in [9.17, 15) is 4.39 Å². The van der Waals surface area contributed by atoms with Gasteiger partial charge in [-0.3, -0.25) is 0 Å². The molecule has 0 saturated heterocycles. The molecule has 2 aliphatic carbocycles. The highest BCUT2D eigenvalue weighted by atomic mass is 19.1. The normalized spacial score (nSPS) is 28.7. The first-order valence-corrected chi connectivity index (χ1v) is 6.52. The first kappa shape index (κ1) is 11.6. The van der Waals surface area contributed by atoms with Crippen LogP contribution in [0.25, 0.3) is 0 Å². The van der Waals surface area contributed by atoms with Gasteiger partial charge in [0, 0.05) is 12.6 Å². The zero-order valence-corrected chi connectivity index (χ0v) is 10.5. The summed E-state index contributed by atoms with van der Waals surface area (Å²) in [6.45, 7) is 0.843. The monoisotopic (exact) mass is 247 g/mol. The molecule has 3 unspecified atom stereocenters. The van der Waals surface area contributed by atoms with Gasteiger partial charge in [-0.1, -0.05) is 12.2 Å². The molecule has 1 fully saturated rings. The lowest BCUT2D eigenvalue weighted by Gasteiger charge is -2.19. The van der Waals surface area contributed by atoms with E-state index in [1.54, 1.807) is 19.2 Å². The lowest BCUT2D eigenvalue weighted by molar-refractivity contribution is 0.413. The van der Waals surface area contributed by atoms with Crippen molar-refractivity contribution in [3.8, 4) is 5.75 Å². The van der Waals surface area contributed by atoms with Crippen LogP contribution in [0.5, 0.6) is 5.75 Å². The van der Waals surface area contributed by atoms with Crippen LogP contribution in [0.15, 0.2) is 30.4 Å². The van der Waals surface area contributed by atoms with Crippen molar-refractivity contribution in [2.75, 3.05) is 19.0 Å². The number of halogens is 1. The van der Waals surface area contributed by atoms with E-state index in [-0.39, 0.29) is 5.82 Å². The van der Waals surface area contributed by atoms with E-state index in [4.69, 9.17) is 4.74 Å². The van der Waals surface area contributed by atoms with Gasteiger partial charge in [0.1, 0.15) is 11.6 Å². The number of methoxy groups -OCH3 is 1. The molecule has 0 spiro atoms. The summed E-state index contributed by atoms with van der Waals surface area (Å²) < 4.78 is 18.7. The van der Waals surface area contributed by atoms with Crippen molar-refractivity contribution in [1.29, 1.82) is 0 Å². The van der Waals surface area contributed by atoms with Gasteiger partial charge in [-0.15, -0.1) is 0 Å². The third kappa shape index (κ3) is 2.09. The van der Waals surface area contributed by atoms with Gasteiger partial charge in [-0.25, -0.2) is 4.39 Å². The van der Waals surface area contributed by atoms with Crippen LogP contribution in [0.4, 0.5) is 10.1 Å². The Labute approximate surface area is 107 Å². The summed E-state index contributed by atoms with van der Waals surface area (Å²) in [4.78, 5) is 0. The van der Waals surface area contributed by atoms with Crippen LogP contribution in [-0.4, -0.2) is 13.7 Å². The van der Waals surface area contributed by atoms with Gasteiger partial charge in [0.15, 0.2) is 0 Å². The Morgan fingerprint density at radius 3 is 2.89 bits per heavy atom. The Bertz CT molecular complexity index is 472. The largest absolute Gasteiger partial charge is 0.497 e. The minimum absolute atomic E-state index is 0.213. The van der Waals surface area contributed by atoms with E-state index in [2.05, 4.69) is 17.5 Å². The smallest absolute Gasteiger partial charge is 0.146 e. The van der Waals surface area contributed by atoms with E-state index < -0.39 is 0 Å². The number of fused-ring (bicyclic) bond motifs is 2. The Kier molecular flexibility index (Phi) is 2.98. The summed E-state index contributed by atoms with van der Waals surface area (Å²) in [7, 11) is 1.59. The molecule has 0 amide bonds. The molecule has 1 aromatic rings. The molecule has 0 aromatic heterocycles. The number of rotatable bonds is 4. The zero-order valence-electron chi connectivity index (χ0n) is 10.5. The predicted octanol–water partition coefficient (Wildman–Crippen LogP) is 3.46. The molecule has 1 saturated carbocycles. The molecule has 2 bridgehead atoms. The van der Waals surface area contributed by atoms with Gasteiger partial charge in [-0.05, 0) is 42.7 Å². The summed E-state index contributed by atoms with van der Waals surface area (Å²) in [5, 5.41) is 3.23. The van der Waals surface area contributed by atoms with Crippen molar-refractivity contribution >= 4 is 5.69 Å². The van der Waals surface area contributed by atoms with Crippen LogP contribution >= 0.6 is 0 Å². The highest BCUT2D eigenvalue weighted by Gasteiger charge is 2.35. The Balaban J connectivity index is 1.64. The maximum absolute atomic E-state index is 13.6. The number of anilines is 1. The number of nitrogens with one attached hydrogen (secondary N) is 1. The molecule has 0 radical (unpaired) electrons. The molecule has 2 aliphatic rings. The zero-order chi connectivity index (χ0) is 12.5. The van der Waals surface area contributed by atoms with Gasteiger partial charge in [0.05, 0.1) is 12.8 Å². The lowest BCUT2D eigenvalue weighted by Crippen LogP contribution is -2.18. The van der Waals surface area contributed by atoms with E-state index in [0.717, 1.165) is 12.5 Å². The summed E-state index contributed by atoms with van der Waals surface area (Å²) in [5.41, 5.74) is 0.543. The fraction of sp³-hybridized carbons (Fsp3) is 0.467. The maximum atomic E-state index is 13.6. The second-order valence-corrected chi connectivity index (χ2v) is 5.27. The fourth-order valence-corrected chi connectivity index (χ4v) is 3.14. The van der Waals surface area contributed by atoms with Gasteiger partial charge in [0.25, 0.3) is 0 Å². The summed E-state index contributed by atoms with van der Waals surface area (Å²) in [6, 6.07) is 4.81. The average Bonchev–Trinajstić information content (AvgIpc) is 3.00. The molecule has 3 atom stereocenters. The molecule has 0 heterocycles. The summed E-state index contributed by atoms with van der Waals surface area (Å²) in [6.07, 6.45) is 7.17. The lowest BCUT2D eigenvalue weighted by atomic mass is 9.93. The van der Waals surface area contributed by atoms with Crippen molar-refractivity contribution in [1.82, 2.24) is 0 Å². The van der Waals surface area contributed by atoms with E-state index in [0.29, 0.717) is 23.3 Å². The third-order valence-electron chi connectivity index (χ3n) is 4.14. The molecule has 2 nitrogen and oxygen atoms in total. The molecule has 18 heavy (non-hydrogen) atoms. The molecule has 96 valence electrons. The molecular formula is C15H18FNO. The number of ether oxygens (including phenoxy) is 1. The Hall–Kier alpha value is -1.51. The first-order valence-electron chi connectivity index (χ1n) is 6.52. The topological polar surface area (TPSA) is 21.3 Å². The van der Waals surface area contributed by atoms with Crippen LogP contribution in [0, 0.1) is 23.6 Å². The van der Waals surface area contributed by atoms with Crippen LogP contribution in [-0.2, 0) is 0 Å². The predicted molar refractivity (Wildman–Crippen MR) is 70.3 cm³/mol. The van der Waals surface area contributed by atoms with Crippen molar-refractivity contribution in [3.63, 3.8) is 0 Å². The second kappa shape index (κ2) is 4.63. The number of benzene rings is 1. The quantitative estimate of drug-likeness (QED) is 0.823. The SMILES string of the molecule is COc1ccc(F)c(NCC2CC3C=CC2C3)c1. The molecule has 1 aromatic carbocycles. The molecule has 3 heteroatoms. The van der Waals surface area contributed by atoms with Gasteiger partial charge in [0.2, 0.25) is 0 Å². The fourth-order valence-electron chi connectivity index (χ4n) is 3.14. The maximum Gasteiger partial charge on any atom is 0.146 e. The van der Waals surface area contributed by atoms with E-state index in [1.165, 1.54) is 18.9 Å². The second-order valence-electron chi connectivity index (χ2n) is 5.27. The van der Waals surface area contributed by atoms with Gasteiger partial charge >= 0.3 is 0 Å². The third-order valence-corrected chi connectivity index (χ3v) is 4.14. The highest BCUT2D eigenvalue weighted by molar-refractivity contribution is 5.49. The first-order chi connectivity index (χ1) is 8.76. The minimum atomic E-state index is -0.213. The highest BCUT2D eigenvalue weighted by Crippen LogP contribution is 2.43. The molecule has 1 N–H and O–H groups in total. The van der Waals surface area contributed by atoms with Gasteiger partial charge < -0.3 is 10.1 Å². The van der Waals surface area contributed by atoms with Crippen LogP contribution in [0.3, 0.4) is 0 Å². The minimum Gasteiger partial charge on any atom is -0.497 e. The number of allylic oxidation sites excluding steroid dienone is 2. The van der Waals surface area contributed by atoms with Gasteiger partial charge in [-0.2, -0.15) is 0 Å². The Morgan fingerprint density at radius 2 is 2.22 bits per heavy atom. The van der Waals surface area contributed by atoms with E-state index >= 15 is 0 Å². The van der Waals surface area contributed by atoms with Crippen molar-refractivity contribution in [2.45, 2.75) is 12.8 Å². The van der Waals surface area contributed by atoms with Crippen LogP contribution in [0.2, 0.25) is 0 Å².